The number of amides is 1. The molecular weight excluding hydrogens is 336 g/mol. The molecule has 2 N–H and O–H groups in total. The number of para-hydroxylation sites is 2. The van der Waals surface area contributed by atoms with Crippen LogP contribution in [0.25, 0.3) is 22.0 Å². The van der Waals surface area contributed by atoms with Crippen molar-refractivity contribution in [1.82, 2.24) is 4.98 Å². The zero-order valence-electron chi connectivity index (χ0n) is 14.8. The van der Waals surface area contributed by atoms with Crippen LogP contribution in [-0.4, -0.2) is 10.9 Å². The minimum Gasteiger partial charge on any atom is -0.360 e. The van der Waals surface area contributed by atoms with Crippen LogP contribution in [0.15, 0.2) is 83.8 Å². The first kappa shape index (κ1) is 16.8. The standard InChI is InChI=1S/C23H18N2O2/c1-15-7-6-8-16(13-15)17-9-2-5-12-21(17)25-23(27)19-14-24-20-11-4-3-10-18(20)22(19)26/h2-14H,1H3,(H,24,26)(H,25,27). The highest BCUT2D eigenvalue weighted by Crippen LogP contribution is 2.28. The highest BCUT2D eigenvalue weighted by molar-refractivity contribution is 6.07. The van der Waals surface area contributed by atoms with E-state index >= 15 is 0 Å². The van der Waals surface area contributed by atoms with Crippen LogP contribution in [0.5, 0.6) is 0 Å². The Kier molecular flexibility index (Phi) is 4.30. The predicted octanol–water partition coefficient (Wildman–Crippen LogP) is 4.76. The Balaban J connectivity index is 1.73. The summed E-state index contributed by atoms with van der Waals surface area (Å²) in [5, 5.41) is 3.39. The maximum atomic E-state index is 12.8. The first-order chi connectivity index (χ1) is 13.1. The minimum atomic E-state index is -0.429. The molecule has 0 aliphatic carbocycles. The molecule has 0 saturated heterocycles. The van der Waals surface area contributed by atoms with E-state index in [1.54, 1.807) is 12.1 Å². The third-order valence-corrected chi connectivity index (χ3v) is 4.54. The lowest BCUT2D eigenvalue weighted by Gasteiger charge is -2.12. The van der Waals surface area contributed by atoms with E-state index in [0.29, 0.717) is 16.6 Å². The van der Waals surface area contributed by atoms with Crippen molar-refractivity contribution in [2.75, 3.05) is 5.32 Å². The summed E-state index contributed by atoms with van der Waals surface area (Å²) in [5.74, 6) is -0.429. The van der Waals surface area contributed by atoms with Gasteiger partial charge in [0.15, 0.2) is 0 Å². The normalized spacial score (nSPS) is 10.7. The van der Waals surface area contributed by atoms with Gasteiger partial charge < -0.3 is 10.3 Å². The van der Waals surface area contributed by atoms with Crippen molar-refractivity contribution in [2.24, 2.45) is 0 Å². The van der Waals surface area contributed by atoms with Crippen molar-refractivity contribution in [3.05, 3.63) is 100 Å². The molecule has 0 spiro atoms. The predicted molar refractivity (Wildman–Crippen MR) is 109 cm³/mol. The molecule has 0 saturated carbocycles. The van der Waals surface area contributed by atoms with Crippen LogP contribution in [0.2, 0.25) is 0 Å². The van der Waals surface area contributed by atoms with Crippen molar-refractivity contribution in [3.8, 4) is 11.1 Å². The van der Waals surface area contributed by atoms with Crippen molar-refractivity contribution in [1.29, 1.82) is 0 Å². The van der Waals surface area contributed by atoms with Crippen molar-refractivity contribution in [2.45, 2.75) is 6.92 Å². The highest BCUT2D eigenvalue weighted by atomic mass is 16.2. The average Bonchev–Trinajstić information content (AvgIpc) is 2.69. The highest BCUT2D eigenvalue weighted by Gasteiger charge is 2.15. The molecule has 4 aromatic rings. The number of H-pyrrole nitrogens is 1. The van der Waals surface area contributed by atoms with Crippen LogP contribution < -0.4 is 10.7 Å². The largest absolute Gasteiger partial charge is 0.360 e. The lowest BCUT2D eigenvalue weighted by molar-refractivity contribution is 0.102. The van der Waals surface area contributed by atoms with Gasteiger partial charge in [-0.25, -0.2) is 0 Å². The molecule has 4 rings (SSSR count). The maximum Gasteiger partial charge on any atom is 0.261 e. The topological polar surface area (TPSA) is 62.0 Å². The second-order valence-corrected chi connectivity index (χ2v) is 6.45. The van der Waals surface area contributed by atoms with E-state index in [4.69, 9.17) is 0 Å². The number of carbonyl (C=O) groups excluding carboxylic acids is 1. The quantitative estimate of drug-likeness (QED) is 0.557. The smallest absolute Gasteiger partial charge is 0.261 e. The number of rotatable bonds is 3. The lowest BCUT2D eigenvalue weighted by Crippen LogP contribution is -2.22. The fourth-order valence-corrected chi connectivity index (χ4v) is 3.18. The molecule has 0 radical (unpaired) electrons. The fraction of sp³-hybridized carbons (Fsp3) is 0.0435. The molecule has 0 aliphatic heterocycles. The number of nitrogens with one attached hydrogen (secondary N) is 2. The van der Waals surface area contributed by atoms with Gasteiger partial charge in [-0.05, 0) is 30.7 Å². The molecule has 3 aromatic carbocycles. The van der Waals surface area contributed by atoms with E-state index in [-0.39, 0.29) is 11.0 Å². The van der Waals surface area contributed by atoms with Crippen LogP contribution in [0.1, 0.15) is 15.9 Å². The second-order valence-electron chi connectivity index (χ2n) is 6.45. The van der Waals surface area contributed by atoms with Crippen LogP contribution in [0.3, 0.4) is 0 Å². The van der Waals surface area contributed by atoms with Crippen LogP contribution >= 0.6 is 0 Å². The van der Waals surface area contributed by atoms with E-state index in [0.717, 1.165) is 16.7 Å². The van der Waals surface area contributed by atoms with Gasteiger partial charge >= 0.3 is 0 Å². The minimum absolute atomic E-state index is 0.0905. The van der Waals surface area contributed by atoms with Crippen LogP contribution in [0.4, 0.5) is 5.69 Å². The van der Waals surface area contributed by atoms with Crippen molar-refractivity contribution >= 4 is 22.5 Å². The third kappa shape index (κ3) is 3.25. The molecule has 0 unspecified atom stereocenters. The van der Waals surface area contributed by atoms with Gasteiger partial charge in [-0.2, -0.15) is 0 Å². The van der Waals surface area contributed by atoms with Gasteiger partial charge in [-0.15, -0.1) is 0 Å². The van der Waals surface area contributed by atoms with Gasteiger partial charge in [-0.3, -0.25) is 9.59 Å². The summed E-state index contributed by atoms with van der Waals surface area (Å²) < 4.78 is 0. The molecule has 4 heteroatoms. The summed E-state index contributed by atoms with van der Waals surface area (Å²) in [4.78, 5) is 28.5. The number of benzene rings is 3. The molecule has 1 amide bonds. The zero-order valence-corrected chi connectivity index (χ0v) is 14.8. The van der Waals surface area contributed by atoms with Gasteiger partial charge in [0.2, 0.25) is 5.43 Å². The molecule has 1 heterocycles. The summed E-state index contributed by atoms with van der Waals surface area (Å²) >= 11 is 0. The Morgan fingerprint density at radius 3 is 2.56 bits per heavy atom. The number of aromatic nitrogens is 1. The first-order valence-corrected chi connectivity index (χ1v) is 8.71. The molecule has 132 valence electrons. The number of anilines is 1. The molecule has 0 aliphatic rings. The number of hydrogen-bond donors (Lipinski definition) is 2. The number of aryl methyl sites for hydroxylation is 1. The number of hydrogen-bond acceptors (Lipinski definition) is 2. The van der Waals surface area contributed by atoms with Crippen LogP contribution in [0, 0.1) is 6.92 Å². The number of pyridine rings is 1. The first-order valence-electron chi connectivity index (χ1n) is 8.71. The third-order valence-electron chi connectivity index (χ3n) is 4.54. The monoisotopic (exact) mass is 354 g/mol. The van der Waals surface area contributed by atoms with E-state index < -0.39 is 5.91 Å². The molecule has 27 heavy (non-hydrogen) atoms. The second kappa shape index (κ2) is 6.92. The summed E-state index contributed by atoms with van der Waals surface area (Å²) in [5.41, 5.74) is 4.24. The summed E-state index contributed by atoms with van der Waals surface area (Å²) in [6, 6.07) is 22.8. The SMILES string of the molecule is Cc1cccc(-c2ccccc2NC(=O)c2c[nH]c3ccccc3c2=O)c1. The van der Waals surface area contributed by atoms with Gasteiger partial charge in [0, 0.05) is 28.4 Å². The number of aromatic amines is 1. The molecule has 1 aromatic heterocycles. The Bertz CT molecular complexity index is 1210. The van der Waals surface area contributed by atoms with Crippen molar-refractivity contribution in [3.63, 3.8) is 0 Å². The average molecular weight is 354 g/mol. The molecular formula is C23H18N2O2. The van der Waals surface area contributed by atoms with E-state index in [2.05, 4.69) is 16.4 Å². The van der Waals surface area contributed by atoms with Gasteiger partial charge in [0.1, 0.15) is 5.56 Å². The molecule has 0 fully saturated rings. The summed E-state index contributed by atoms with van der Waals surface area (Å²) in [6.07, 6.45) is 1.47. The Morgan fingerprint density at radius 2 is 1.70 bits per heavy atom. The fourth-order valence-electron chi connectivity index (χ4n) is 3.18. The molecule has 0 bridgehead atoms. The molecule has 4 nitrogen and oxygen atoms in total. The van der Waals surface area contributed by atoms with E-state index in [1.807, 2.05) is 61.5 Å². The van der Waals surface area contributed by atoms with Gasteiger partial charge in [0.25, 0.3) is 5.91 Å². The maximum absolute atomic E-state index is 12.8. The van der Waals surface area contributed by atoms with E-state index in [1.165, 1.54) is 6.20 Å². The Labute approximate surface area is 156 Å². The van der Waals surface area contributed by atoms with Gasteiger partial charge in [-0.1, -0.05) is 60.2 Å². The zero-order chi connectivity index (χ0) is 18.8. The Morgan fingerprint density at radius 1 is 0.926 bits per heavy atom. The lowest BCUT2D eigenvalue weighted by atomic mass is 10.0. The Hall–Kier alpha value is -3.66. The number of fused-ring (bicyclic) bond motifs is 1. The number of carbonyl (C=O) groups is 1. The van der Waals surface area contributed by atoms with Crippen LogP contribution in [-0.2, 0) is 0 Å². The summed E-state index contributed by atoms with van der Waals surface area (Å²) in [7, 11) is 0. The van der Waals surface area contributed by atoms with Crippen molar-refractivity contribution < 1.29 is 4.79 Å². The van der Waals surface area contributed by atoms with E-state index in [9.17, 15) is 9.59 Å². The van der Waals surface area contributed by atoms with Gasteiger partial charge in [0.05, 0.1) is 0 Å². The molecule has 0 atom stereocenters. The summed E-state index contributed by atoms with van der Waals surface area (Å²) in [6.45, 7) is 2.03.